The van der Waals surface area contributed by atoms with Crippen LogP contribution in [0.1, 0.15) is 45.4 Å². The largest absolute Gasteiger partial charge is 0.317 e. The van der Waals surface area contributed by atoms with Crippen LogP contribution in [-0.2, 0) is 0 Å². The van der Waals surface area contributed by atoms with Gasteiger partial charge in [0.15, 0.2) is 0 Å². The highest BCUT2D eigenvalue weighted by Gasteiger charge is 2.31. The van der Waals surface area contributed by atoms with Gasteiger partial charge in [-0.05, 0) is 50.6 Å². The van der Waals surface area contributed by atoms with Crippen molar-refractivity contribution >= 4 is 0 Å². The van der Waals surface area contributed by atoms with Crippen molar-refractivity contribution in [3.63, 3.8) is 0 Å². The summed E-state index contributed by atoms with van der Waals surface area (Å²) in [6, 6.07) is 0.780. The second-order valence-electron chi connectivity index (χ2n) is 5.42. The summed E-state index contributed by atoms with van der Waals surface area (Å²) in [7, 11) is 0. The molecule has 2 fully saturated rings. The molecule has 0 aromatic rings. The maximum Gasteiger partial charge on any atom is 0.00798 e. The average Bonchev–Trinajstić information content (AvgIpc) is 2.40. The topological polar surface area (TPSA) is 24.1 Å². The normalized spacial score (nSPS) is 31.9. The van der Waals surface area contributed by atoms with Crippen LogP contribution in [0.15, 0.2) is 0 Å². The molecule has 0 spiro atoms. The van der Waals surface area contributed by atoms with Crippen LogP contribution in [0.2, 0.25) is 0 Å². The maximum absolute atomic E-state index is 3.76. The first-order valence-electron chi connectivity index (χ1n) is 6.23. The van der Waals surface area contributed by atoms with Crippen molar-refractivity contribution in [2.75, 3.05) is 19.6 Å². The summed E-state index contributed by atoms with van der Waals surface area (Å²) < 4.78 is 0. The molecule has 1 saturated heterocycles. The minimum Gasteiger partial charge on any atom is -0.317 e. The molecule has 82 valence electrons. The van der Waals surface area contributed by atoms with Crippen LogP contribution in [0.4, 0.5) is 0 Å². The van der Waals surface area contributed by atoms with Crippen molar-refractivity contribution in [2.45, 2.75) is 51.5 Å². The first kappa shape index (κ1) is 10.4. The lowest BCUT2D eigenvalue weighted by Crippen LogP contribution is -2.42. The van der Waals surface area contributed by atoms with Gasteiger partial charge < -0.3 is 10.6 Å². The quantitative estimate of drug-likeness (QED) is 0.720. The second kappa shape index (κ2) is 4.63. The van der Waals surface area contributed by atoms with Gasteiger partial charge in [0.05, 0.1) is 0 Å². The van der Waals surface area contributed by atoms with Crippen molar-refractivity contribution in [3.05, 3.63) is 0 Å². The standard InChI is InChI=1S/C12H24N2/c1-12(6-3-7-12)10-14-11-4-2-8-13-9-5-11/h11,13-14H,2-10H2,1H3. The van der Waals surface area contributed by atoms with Crippen LogP contribution in [0.25, 0.3) is 0 Å². The van der Waals surface area contributed by atoms with Crippen LogP contribution < -0.4 is 10.6 Å². The van der Waals surface area contributed by atoms with Crippen LogP contribution in [0.5, 0.6) is 0 Å². The van der Waals surface area contributed by atoms with Crippen molar-refractivity contribution in [2.24, 2.45) is 5.41 Å². The highest BCUT2D eigenvalue weighted by molar-refractivity contribution is 4.87. The van der Waals surface area contributed by atoms with Gasteiger partial charge in [0.1, 0.15) is 0 Å². The molecule has 2 N–H and O–H groups in total. The molecule has 1 aliphatic heterocycles. The van der Waals surface area contributed by atoms with Crippen molar-refractivity contribution in [1.29, 1.82) is 0 Å². The molecule has 1 unspecified atom stereocenters. The molecule has 1 saturated carbocycles. The lowest BCUT2D eigenvalue weighted by molar-refractivity contribution is 0.149. The van der Waals surface area contributed by atoms with E-state index in [-0.39, 0.29) is 0 Å². The highest BCUT2D eigenvalue weighted by Crippen LogP contribution is 2.39. The zero-order valence-electron chi connectivity index (χ0n) is 9.44. The fourth-order valence-electron chi connectivity index (χ4n) is 2.57. The molecule has 1 atom stereocenters. The molecule has 1 heterocycles. The van der Waals surface area contributed by atoms with E-state index in [1.165, 1.54) is 58.2 Å². The highest BCUT2D eigenvalue weighted by atomic mass is 15.0. The zero-order chi connectivity index (χ0) is 9.86. The third-order valence-corrected chi connectivity index (χ3v) is 3.95. The van der Waals surface area contributed by atoms with Crippen molar-refractivity contribution in [3.8, 4) is 0 Å². The van der Waals surface area contributed by atoms with E-state index in [9.17, 15) is 0 Å². The third-order valence-electron chi connectivity index (χ3n) is 3.95. The number of hydrogen-bond acceptors (Lipinski definition) is 2. The molecule has 0 aromatic heterocycles. The molecule has 2 heteroatoms. The Kier molecular flexibility index (Phi) is 3.45. The Labute approximate surface area is 87.8 Å². The lowest BCUT2D eigenvalue weighted by Gasteiger charge is -2.39. The molecule has 0 radical (unpaired) electrons. The summed E-state index contributed by atoms with van der Waals surface area (Å²) in [6.07, 6.45) is 8.34. The number of hydrogen-bond donors (Lipinski definition) is 2. The van der Waals surface area contributed by atoms with E-state index < -0.39 is 0 Å². The molecule has 14 heavy (non-hydrogen) atoms. The molecule has 2 rings (SSSR count). The zero-order valence-corrected chi connectivity index (χ0v) is 9.44. The molecule has 2 nitrogen and oxygen atoms in total. The van der Waals surface area contributed by atoms with Gasteiger partial charge in [-0.2, -0.15) is 0 Å². The summed E-state index contributed by atoms with van der Waals surface area (Å²) in [5.74, 6) is 0. The van der Waals surface area contributed by atoms with Gasteiger partial charge in [-0.25, -0.2) is 0 Å². The van der Waals surface area contributed by atoms with Gasteiger partial charge >= 0.3 is 0 Å². The Bertz CT molecular complexity index is 167. The Morgan fingerprint density at radius 1 is 1.21 bits per heavy atom. The molecule has 0 bridgehead atoms. The average molecular weight is 196 g/mol. The first-order chi connectivity index (χ1) is 6.79. The van der Waals surface area contributed by atoms with E-state index in [1.807, 2.05) is 0 Å². The SMILES string of the molecule is CC1(CNC2CCCNCC2)CCC1. The molecule has 1 aliphatic carbocycles. The minimum absolute atomic E-state index is 0.639. The lowest BCUT2D eigenvalue weighted by atomic mass is 9.70. The van der Waals surface area contributed by atoms with Crippen molar-refractivity contribution < 1.29 is 0 Å². The first-order valence-corrected chi connectivity index (χ1v) is 6.23. The van der Waals surface area contributed by atoms with E-state index >= 15 is 0 Å². The monoisotopic (exact) mass is 196 g/mol. The molecular formula is C12H24N2. The van der Waals surface area contributed by atoms with Crippen LogP contribution in [0.3, 0.4) is 0 Å². The van der Waals surface area contributed by atoms with E-state index in [2.05, 4.69) is 17.6 Å². The summed E-state index contributed by atoms with van der Waals surface area (Å²) in [5, 5.41) is 7.23. The maximum atomic E-state index is 3.76. The van der Waals surface area contributed by atoms with Gasteiger partial charge in [0.2, 0.25) is 0 Å². The van der Waals surface area contributed by atoms with E-state index in [0.717, 1.165) is 6.04 Å². The van der Waals surface area contributed by atoms with Crippen LogP contribution in [0, 0.1) is 5.41 Å². The minimum atomic E-state index is 0.639. The molecule has 0 aromatic carbocycles. The summed E-state index contributed by atoms with van der Waals surface area (Å²) in [4.78, 5) is 0. The summed E-state index contributed by atoms with van der Waals surface area (Å²) in [6.45, 7) is 6.10. The fraction of sp³-hybridized carbons (Fsp3) is 1.00. The summed E-state index contributed by atoms with van der Waals surface area (Å²) in [5.41, 5.74) is 0.639. The van der Waals surface area contributed by atoms with E-state index in [1.54, 1.807) is 0 Å². The van der Waals surface area contributed by atoms with E-state index in [4.69, 9.17) is 0 Å². The fourth-order valence-corrected chi connectivity index (χ4v) is 2.57. The Balaban J connectivity index is 1.68. The second-order valence-corrected chi connectivity index (χ2v) is 5.42. The predicted molar refractivity (Wildman–Crippen MR) is 60.5 cm³/mol. The summed E-state index contributed by atoms with van der Waals surface area (Å²) >= 11 is 0. The van der Waals surface area contributed by atoms with Gasteiger partial charge in [-0.3, -0.25) is 0 Å². The Hall–Kier alpha value is -0.0800. The van der Waals surface area contributed by atoms with Gasteiger partial charge in [0, 0.05) is 12.6 Å². The molecule has 2 aliphatic rings. The van der Waals surface area contributed by atoms with Gasteiger partial charge in [-0.1, -0.05) is 13.3 Å². The van der Waals surface area contributed by atoms with Gasteiger partial charge in [0.25, 0.3) is 0 Å². The molecule has 0 amide bonds. The van der Waals surface area contributed by atoms with Gasteiger partial charge in [-0.15, -0.1) is 0 Å². The smallest absolute Gasteiger partial charge is 0.00798 e. The number of rotatable bonds is 3. The predicted octanol–water partition coefficient (Wildman–Crippen LogP) is 1.91. The molecular weight excluding hydrogens is 172 g/mol. The third kappa shape index (κ3) is 2.71. The van der Waals surface area contributed by atoms with Crippen LogP contribution >= 0.6 is 0 Å². The van der Waals surface area contributed by atoms with Crippen LogP contribution in [-0.4, -0.2) is 25.7 Å². The Morgan fingerprint density at radius 2 is 2.07 bits per heavy atom. The van der Waals surface area contributed by atoms with E-state index in [0.29, 0.717) is 5.41 Å². The number of nitrogens with one attached hydrogen (secondary N) is 2. The van der Waals surface area contributed by atoms with Crippen molar-refractivity contribution in [1.82, 2.24) is 10.6 Å². The Morgan fingerprint density at radius 3 is 2.79 bits per heavy atom.